The molecular weight excluding hydrogens is 424 g/mol. The molecule has 1 aliphatic rings. The molecular formula is C33H56N2. The number of piperidine rings is 1. The predicted molar refractivity (Wildman–Crippen MR) is 156 cm³/mol. The molecule has 2 nitrogen and oxygen atoms in total. The minimum Gasteiger partial charge on any atom is -0.306 e. The van der Waals surface area contributed by atoms with Crippen LogP contribution >= 0.6 is 0 Å². The van der Waals surface area contributed by atoms with Gasteiger partial charge in [-0.15, -0.1) is 6.58 Å². The summed E-state index contributed by atoms with van der Waals surface area (Å²) < 4.78 is 0. The van der Waals surface area contributed by atoms with Gasteiger partial charge in [0.05, 0.1) is 0 Å². The van der Waals surface area contributed by atoms with Crippen molar-refractivity contribution in [1.82, 2.24) is 9.80 Å². The number of allylic oxidation sites excluding steroid dienone is 2. The molecule has 1 fully saturated rings. The third-order valence-electron chi connectivity index (χ3n) is 9.33. The number of hydrogen-bond acceptors (Lipinski definition) is 2. The molecule has 0 radical (unpaired) electrons. The number of likely N-dealkylation sites (tertiary alicyclic amines) is 1. The van der Waals surface area contributed by atoms with Crippen LogP contribution in [0.4, 0.5) is 0 Å². The Morgan fingerprint density at radius 3 is 2.29 bits per heavy atom. The highest BCUT2D eigenvalue weighted by atomic mass is 15.1. The molecule has 198 valence electrons. The van der Waals surface area contributed by atoms with E-state index in [4.69, 9.17) is 0 Å². The second-order valence-electron chi connectivity index (χ2n) is 12.0. The Hall–Kier alpha value is -1.38. The number of hydrogen-bond donors (Lipinski definition) is 0. The summed E-state index contributed by atoms with van der Waals surface area (Å²) in [6.07, 6.45) is 13.4. The van der Waals surface area contributed by atoms with Gasteiger partial charge < -0.3 is 4.90 Å². The van der Waals surface area contributed by atoms with Crippen LogP contribution in [-0.4, -0.2) is 43.0 Å². The predicted octanol–water partition coefficient (Wildman–Crippen LogP) is 8.53. The lowest BCUT2D eigenvalue weighted by Gasteiger charge is -2.43. The SMILES string of the molecule is C=CC(C)C(=C)CC[C@](C)(CC)CCCN(C)CC1(CC)CCN(Cc2ccc(CC)cc2)CC1. The van der Waals surface area contributed by atoms with E-state index in [1.165, 1.54) is 87.8 Å². The van der Waals surface area contributed by atoms with Crippen LogP contribution in [0.2, 0.25) is 0 Å². The van der Waals surface area contributed by atoms with Crippen LogP contribution in [0.1, 0.15) is 97.1 Å². The lowest BCUT2D eigenvalue weighted by atomic mass is 9.75. The number of nitrogens with zero attached hydrogens (tertiary/aromatic N) is 2. The first-order chi connectivity index (χ1) is 16.7. The van der Waals surface area contributed by atoms with Crippen LogP contribution in [0.25, 0.3) is 0 Å². The van der Waals surface area contributed by atoms with Crippen LogP contribution in [-0.2, 0) is 13.0 Å². The third-order valence-corrected chi connectivity index (χ3v) is 9.33. The van der Waals surface area contributed by atoms with Crippen LogP contribution in [0, 0.1) is 16.7 Å². The standard InChI is InChI=1S/C33H56N2/c1-9-28(5)29(6)18-20-32(7,11-3)19-13-23-34(8)27-33(12-4)21-24-35(25-22-33)26-31-16-14-30(10-2)15-17-31/h9,14-17,28H,1,6,10-13,18-27H2,2-5,7-8H3/t28?,32-/m1/s1. The fraction of sp³-hybridized carbons (Fsp3) is 0.697. The summed E-state index contributed by atoms with van der Waals surface area (Å²) in [4.78, 5) is 5.31. The summed E-state index contributed by atoms with van der Waals surface area (Å²) in [5.41, 5.74) is 5.15. The summed E-state index contributed by atoms with van der Waals surface area (Å²) in [6.45, 7) is 26.0. The molecule has 0 spiro atoms. The Morgan fingerprint density at radius 1 is 1.11 bits per heavy atom. The Kier molecular flexibility index (Phi) is 12.3. The van der Waals surface area contributed by atoms with E-state index in [2.05, 4.69) is 88.9 Å². The monoisotopic (exact) mass is 480 g/mol. The summed E-state index contributed by atoms with van der Waals surface area (Å²) in [5, 5.41) is 0. The molecule has 1 aromatic carbocycles. The fourth-order valence-electron chi connectivity index (χ4n) is 5.71. The molecule has 1 unspecified atom stereocenters. The van der Waals surface area contributed by atoms with Gasteiger partial charge in [0, 0.05) is 13.1 Å². The third kappa shape index (κ3) is 9.54. The zero-order chi connectivity index (χ0) is 25.9. The number of rotatable bonds is 16. The highest BCUT2D eigenvalue weighted by Crippen LogP contribution is 2.37. The largest absolute Gasteiger partial charge is 0.306 e. The maximum Gasteiger partial charge on any atom is 0.0233 e. The molecule has 0 saturated carbocycles. The van der Waals surface area contributed by atoms with Gasteiger partial charge in [-0.25, -0.2) is 0 Å². The first-order valence-electron chi connectivity index (χ1n) is 14.5. The van der Waals surface area contributed by atoms with Crippen molar-refractivity contribution in [2.45, 2.75) is 99.0 Å². The van der Waals surface area contributed by atoms with Crippen LogP contribution in [0.3, 0.4) is 0 Å². The lowest BCUT2D eigenvalue weighted by molar-refractivity contribution is 0.0610. The van der Waals surface area contributed by atoms with Gasteiger partial charge >= 0.3 is 0 Å². The maximum atomic E-state index is 4.31. The van der Waals surface area contributed by atoms with Crippen molar-refractivity contribution in [1.29, 1.82) is 0 Å². The molecule has 1 saturated heterocycles. The van der Waals surface area contributed by atoms with Crippen LogP contribution in [0.5, 0.6) is 0 Å². The van der Waals surface area contributed by atoms with E-state index < -0.39 is 0 Å². The van der Waals surface area contributed by atoms with E-state index in [1.807, 2.05) is 6.08 Å². The van der Waals surface area contributed by atoms with Gasteiger partial charge in [0.1, 0.15) is 0 Å². The summed E-state index contributed by atoms with van der Waals surface area (Å²) in [7, 11) is 2.36. The Bertz CT molecular complexity index is 756. The normalized spacial score (nSPS) is 18.8. The van der Waals surface area contributed by atoms with Crippen molar-refractivity contribution >= 4 is 0 Å². The Balaban J connectivity index is 1.77. The topological polar surface area (TPSA) is 6.48 Å². The highest BCUT2D eigenvalue weighted by Gasteiger charge is 2.34. The van der Waals surface area contributed by atoms with Crippen molar-refractivity contribution in [3.8, 4) is 0 Å². The molecule has 35 heavy (non-hydrogen) atoms. The minimum atomic E-state index is 0.424. The fourth-order valence-corrected chi connectivity index (χ4v) is 5.71. The summed E-state index contributed by atoms with van der Waals surface area (Å²) >= 11 is 0. The van der Waals surface area contributed by atoms with E-state index in [9.17, 15) is 0 Å². The molecule has 1 aliphatic heterocycles. The first kappa shape index (κ1) is 29.8. The molecule has 1 aromatic rings. The van der Waals surface area contributed by atoms with E-state index in [0.717, 1.165) is 19.4 Å². The second kappa shape index (κ2) is 14.4. The zero-order valence-corrected chi connectivity index (χ0v) is 24.2. The van der Waals surface area contributed by atoms with E-state index in [0.29, 0.717) is 16.7 Å². The molecule has 0 amide bonds. The van der Waals surface area contributed by atoms with Gasteiger partial charge in [0.25, 0.3) is 0 Å². The quantitative estimate of drug-likeness (QED) is 0.219. The number of aryl methyl sites for hydroxylation is 1. The second-order valence-corrected chi connectivity index (χ2v) is 12.0. The minimum absolute atomic E-state index is 0.424. The van der Waals surface area contributed by atoms with Gasteiger partial charge in [-0.3, -0.25) is 4.90 Å². The van der Waals surface area contributed by atoms with Gasteiger partial charge in [-0.1, -0.05) is 83.5 Å². The molecule has 0 bridgehead atoms. The van der Waals surface area contributed by atoms with Gasteiger partial charge in [0.15, 0.2) is 0 Å². The van der Waals surface area contributed by atoms with E-state index >= 15 is 0 Å². The average Bonchev–Trinajstić information content (AvgIpc) is 2.88. The molecule has 0 aromatic heterocycles. The Morgan fingerprint density at radius 2 is 1.74 bits per heavy atom. The van der Waals surface area contributed by atoms with E-state index in [-0.39, 0.29) is 0 Å². The number of benzene rings is 1. The van der Waals surface area contributed by atoms with Crippen molar-refractivity contribution in [3.05, 3.63) is 60.2 Å². The van der Waals surface area contributed by atoms with Gasteiger partial charge in [0.2, 0.25) is 0 Å². The smallest absolute Gasteiger partial charge is 0.0233 e. The van der Waals surface area contributed by atoms with Crippen molar-refractivity contribution in [2.75, 3.05) is 33.2 Å². The molecule has 2 rings (SSSR count). The highest BCUT2D eigenvalue weighted by molar-refractivity contribution is 5.22. The van der Waals surface area contributed by atoms with E-state index in [1.54, 1.807) is 0 Å². The van der Waals surface area contributed by atoms with Crippen LogP contribution < -0.4 is 0 Å². The summed E-state index contributed by atoms with van der Waals surface area (Å²) in [6, 6.07) is 9.25. The molecule has 0 N–H and O–H groups in total. The zero-order valence-electron chi connectivity index (χ0n) is 24.2. The molecule has 2 heteroatoms. The summed E-state index contributed by atoms with van der Waals surface area (Å²) in [5.74, 6) is 0.431. The van der Waals surface area contributed by atoms with Crippen molar-refractivity contribution < 1.29 is 0 Å². The average molecular weight is 481 g/mol. The first-order valence-corrected chi connectivity index (χ1v) is 14.5. The van der Waals surface area contributed by atoms with Crippen LogP contribution in [0.15, 0.2) is 49.1 Å². The van der Waals surface area contributed by atoms with Crippen molar-refractivity contribution in [3.63, 3.8) is 0 Å². The molecule has 2 atom stereocenters. The lowest BCUT2D eigenvalue weighted by Crippen LogP contribution is -2.45. The maximum absolute atomic E-state index is 4.31. The van der Waals surface area contributed by atoms with Gasteiger partial charge in [-0.05, 0) is 106 Å². The Labute approximate surface area is 218 Å². The van der Waals surface area contributed by atoms with Gasteiger partial charge in [-0.2, -0.15) is 0 Å². The molecule has 0 aliphatic carbocycles. The molecule has 1 heterocycles. The van der Waals surface area contributed by atoms with Crippen molar-refractivity contribution in [2.24, 2.45) is 16.7 Å².